The molecule has 1 aromatic carbocycles. The van der Waals surface area contributed by atoms with E-state index in [2.05, 4.69) is 13.8 Å². The number of carbonyl (C=O) groups is 1. The highest BCUT2D eigenvalue weighted by Crippen LogP contribution is 2.29. The number of hydrogen-bond donors (Lipinski definition) is 0. The Morgan fingerprint density at radius 1 is 1.40 bits per heavy atom. The first kappa shape index (κ1) is 15.4. The van der Waals surface area contributed by atoms with Gasteiger partial charge in [-0.25, -0.2) is 4.39 Å². The van der Waals surface area contributed by atoms with E-state index in [9.17, 15) is 9.18 Å². The van der Waals surface area contributed by atoms with E-state index in [4.69, 9.17) is 0 Å². The molecule has 0 aromatic heterocycles. The van der Waals surface area contributed by atoms with E-state index in [1.807, 2.05) is 11.0 Å². The lowest BCUT2D eigenvalue weighted by Gasteiger charge is -2.24. The number of carbonyl (C=O) groups excluding carboxylic acids is 1. The van der Waals surface area contributed by atoms with Gasteiger partial charge < -0.3 is 4.90 Å². The number of amides is 1. The van der Waals surface area contributed by atoms with E-state index in [-0.39, 0.29) is 11.7 Å². The molecule has 2 rings (SSSR count). The predicted molar refractivity (Wildman–Crippen MR) is 81.3 cm³/mol. The molecule has 4 heteroatoms. The third kappa shape index (κ3) is 4.51. The maximum atomic E-state index is 13.5. The lowest BCUT2D eigenvalue weighted by atomic mass is 10.2. The van der Waals surface area contributed by atoms with Gasteiger partial charge in [0, 0.05) is 29.7 Å². The zero-order valence-electron chi connectivity index (χ0n) is 12.1. The SMILES string of the molecule is CC(C)CN(C(=O)CCSc1ccccc1F)C1CC1. The zero-order chi connectivity index (χ0) is 14.5. The van der Waals surface area contributed by atoms with Crippen LogP contribution in [0.5, 0.6) is 0 Å². The molecule has 0 heterocycles. The quantitative estimate of drug-likeness (QED) is 0.710. The molecule has 0 atom stereocenters. The number of thioether (sulfide) groups is 1. The summed E-state index contributed by atoms with van der Waals surface area (Å²) >= 11 is 1.42. The van der Waals surface area contributed by atoms with Crippen LogP contribution in [0.25, 0.3) is 0 Å². The van der Waals surface area contributed by atoms with Crippen molar-refractivity contribution in [3.63, 3.8) is 0 Å². The van der Waals surface area contributed by atoms with Crippen LogP contribution in [0.1, 0.15) is 33.1 Å². The van der Waals surface area contributed by atoms with Crippen molar-refractivity contribution in [1.29, 1.82) is 0 Å². The lowest BCUT2D eigenvalue weighted by molar-refractivity contribution is -0.131. The maximum Gasteiger partial charge on any atom is 0.223 e. The minimum Gasteiger partial charge on any atom is -0.339 e. The van der Waals surface area contributed by atoms with Crippen molar-refractivity contribution in [3.8, 4) is 0 Å². The van der Waals surface area contributed by atoms with Crippen LogP contribution in [-0.4, -0.2) is 29.1 Å². The second-order valence-electron chi connectivity index (χ2n) is 5.70. The number of nitrogens with zero attached hydrogens (tertiary/aromatic N) is 1. The summed E-state index contributed by atoms with van der Waals surface area (Å²) in [7, 11) is 0. The highest BCUT2D eigenvalue weighted by atomic mass is 32.2. The second kappa shape index (κ2) is 7.11. The molecular formula is C16H22FNOS. The fraction of sp³-hybridized carbons (Fsp3) is 0.562. The van der Waals surface area contributed by atoms with Gasteiger partial charge in [-0.2, -0.15) is 0 Å². The molecule has 1 aliphatic rings. The van der Waals surface area contributed by atoms with Gasteiger partial charge in [0.1, 0.15) is 5.82 Å². The Labute approximate surface area is 124 Å². The Morgan fingerprint density at radius 3 is 2.70 bits per heavy atom. The molecule has 1 saturated carbocycles. The van der Waals surface area contributed by atoms with Gasteiger partial charge in [-0.15, -0.1) is 11.8 Å². The second-order valence-corrected chi connectivity index (χ2v) is 6.84. The van der Waals surface area contributed by atoms with Crippen molar-refractivity contribution in [3.05, 3.63) is 30.1 Å². The lowest BCUT2D eigenvalue weighted by Crippen LogP contribution is -2.36. The van der Waals surface area contributed by atoms with Crippen molar-refractivity contribution in [2.75, 3.05) is 12.3 Å². The smallest absolute Gasteiger partial charge is 0.223 e. The highest BCUT2D eigenvalue weighted by molar-refractivity contribution is 7.99. The van der Waals surface area contributed by atoms with Gasteiger partial charge in [0.2, 0.25) is 5.91 Å². The van der Waals surface area contributed by atoms with E-state index in [0.29, 0.717) is 29.0 Å². The summed E-state index contributed by atoms with van der Waals surface area (Å²) in [5.41, 5.74) is 0. The number of halogens is 1. The molecule has 0 N–H and O–H groups in total. The largest absolute Gasteiger partial charge is 0.339 e. The summed E-state index contributed by atoms with van der Waals surface area (Å²) < 4.78 is 13.5. The fourth-order valence-electron chi connectivity index (χ4n) is 2.19. The molecule has 1 aliphatic carbocycles. The molecule has 110 valence electrons. The van der Waals surface area contributed by atoms with Gasteiger partial charge in [0.05, 0.1) is 0 Å². The molecule has 0 radical (unpaired) electrons. The van der Waals surface area contributed by atoms with Gasteiger partial charge in [-0.05, 0) is 30.9 Å². The molecule has 0 aliphatic heterocycles. The molecule has 0 spiro atoms. The molecule has 0 saturated heterocycles. The average Bonchev–Trinajstić information content (AvgIpc) is 3.22. The Kier molecular flexibility index (Phi) is 5.46. The molecule has 2 nitrogen and oxygen atoms in total. The normalized spacial score (nSPS) is 14.6. The molecule has 0 bridgehead atoms. The van der Waals surface area contributed by atoms with E-state index in [1.165, 1.54) is 17.8 Å². The van der Waals surface area contributed by atoms with Crippen LogP contribution in [0.3, 0.4) is 0 Å². The van der Waals surface area contributed by atoms with E-state index in [0.717, 1.165) is 19.4 Å². The summed E-state index contributed by atoms with van der Waals surface area (Å²) in [5.74, 6) is 1.15. The van der Waals surface area contributed by atoms with Crippen molar-refractivity contribution < 1.29 is 9.18 Å². The zero-order valence-corrected chi connectivity index (χ0v) is 13.0. The number of rotatable bonds is 7. The van der Waals surface area contributed by atoms with E-state index < -0.39 is 0 Å². The Bertz CT molecular complexity index is 460. The maximum absolute atomic E-state index is 13.5. The van der Waals surface area contributed by atoms with Gasteiger partial charge in [0.15, 0.2) is 0 Å². The number of hydrogen-bond acceptors (Lipinski definition) is 2. The van der Waals surface area contributed by atoms with Crippen LogP contribution in [-0.2, 0) is 4.79 Å². The molecule has 1 fully saturated rings. The Balaban J connectivity index is 1.80. The van der Waals surface area contributed by atoms with Crippen LogP contribution >= 0.6 is 11.8 Å². The third-order valence-electron chi connectivity index (χ3n) is 3.28. The minimum absolute atomic E-state index is 0.203. The molecule has 1 amide bonds. The van der Waals surface area contributed by atoms with Crippen molar-refractivity contribution in [1.82, 2.24) is 4.90 Å². The summed E-state index contributed by atoms with van der Waals surface area (Å²) in [5, 5.41) is 0. The summed E-state index contributed by atoms with van der Waals surface area (Å²) in [6.45, 7) is 5.11. The monoisotopic (exact) mass is 295 g/mol. The van der Waals surface area contributed by atoms with Gasteiger partial charge >= 0.3 is 0 Å². The van der Waals surface area contributed by atoms with Gasteiger partial charge in [-0.1, -0.05) is 26.0 Å². The Morgan fingerprint density at radius 2 is 2.10 bits per heavy atom. The molecule has 0 unspecified atom stereocenters. The van der Waals surface area contributed by atoms with Crippen molar-refractivity contribution >= 4 is 17.7 Å². The highest BCUT2D eigenvalue weighted by Gasteiger charge is 2.32. The first-order chi connectivity index (χ1) is 9.58. The summed E-state index contributed by atoms with van der Waals surface area (Å²) in [6.07, 6.45) is 2.76. The van der Waals surface area contributed by atoms with Crippen LogP contribution < -0.4 is 0 Å². The molecular weight excluding hydrogens is 273 g/mol. The van der Waals surface area contributed by atoms with E-state index >= 15 is 0 Å². The van der Waals surface area contributed by atoms with Crippen LogP contribution in [0.2, 0.25) is 0 Å². The minimum atomic E-state index is -0.203. The van der Waals surface area contributed by atoms with Crippen LogP contribution in [0.15, 0.2) is 29.2 Å². The summed E-state index contributed by atoms with van der Waals surface area (Å²) in [6, 6.07) is 7.18. The standard InChI is InChI=1S/C16H22FNOS/c1-12(2)11-18(13-7-8-13)16(19)9-10-20-15-6-4-3-5-14(15)17/h3-6,12-13H,7-11H2,1-2H3. The Hall–Kier alpha value is -1.03. The molecule has 20 heavy (non-hydrogen) atoms. The van der Waals surface area contributed by atoms with Gasteiger partial charge in [-0.3, -0.25) is 4.79 Å². The fourth-order valence-corrected chi connectivity index (χ4v) is 3.07. The average molecular weight is 295 g/mol. The summed E-state index contributed by atoms with van der Waals surface area (Å²) in [4.78, 5) is 14.9. The van der Waals surface area contributed by atoms with Crippen molar-refractivity contribution in [2.24, 2.45) is 5.92 Å². The van der Waals surface area contributed by atoms with Crippen molar-refractivity contribution in [2.45, 2.75) is 44.0 Å². The third-order valence-corrected chi connectivity index (χ3v) is 4.33. The van der Waals surface area contributed by atoms with Gasteiger partial charge in [0.25, 0.3) is 0 Å². The predicted octanol–water partition coefficient (Wildman–Crippen LogP) is 3.95. The van der Waals surface area contributed by atoms with E-state index in [1.54, 1.807) is 12.1 Å². The first-order valence-corrected chi connectivity index (χ1v) is 8.23. The van der Waals surface area contributed by atoms with Crippen LogP contribution in [0, 0.1) is 11.7 Å². The number of benzene rings is 1. The first-order valence-electron chi connectivity index (χ1n) is 7.24. The van der Waals surface area contributed by atoms with Crippen LogP contribution in [0.4, 0.5) is 4.39 Å². The molecule has 1 aromatic rings. The topological polar surface area (TPSA) is 20.3 Å².